The van der Waals surface area contributed by atoms with Crippen molar-refractivity contribution in [2.75, 3.05) is 14.2 Å². The number of nitrogens with zero attached hydrogens (tertiary/aromatic N) is 2. The summed E-state index contributed by atoms with van der Waals surface area (Å²) in [5.41, 5.74) is -3.33. The maximum absolute atomic E-state index is 13.9. The number of ketones is 3. The number of oxime groups is 2. The van der Waals surface area contributed by atoms with Crippen LogP contribution in [0.5, 0.6) is 0 Å². The Kier molecular flexibility index (Phi) is 18.8. The molecule has 26 heteroatoms. The predicted molar refractivity (Wildman–Crippen MR) is 237 cm³/mol. The third kappa shape index (κ3) is 14.0. The van der Waals surface area contributed by atoms with E-state index in [0.717, 1.165) is 11.6 Å². The first-order valence-electron chi connectivity index (χ1n) is 19.6. The molecule has 70 heavy (non-hydrogen) atoms. The van der Waals surface area contributed by atoms with Gasteiger partial charge in [-0.15, -0.1) is 0 Å². The molecular formula is C44H36Cl4F8N4O10. The molecule has 0 radical (unpaired) electrons. The van der Waals surface area contributed by atoms with E-state index in [1.165, 1.54) is 40.2 Å². The zero-order valence-electron chi connectivity index (χ0n) is 36.6. The van der Waals surface area contributed by atoms with Crippen LogP contribution >= 0.6 is 46.4 Å². The number of rotatable bonds is 10. The van der Waals surface area contributed by atoms with Gasteiger partial charge in [0.15, 0.2) is 28.8 Å². The van der Waals surface area contributed by atoms with E-state index in [-0.39, 0.29) is 40.7 Å². The molecule has 0 bridgehead atoms. The number of amides is 2. The smallest absolute Gasteiger partial charge is 0.454 e. The summed E-state index contributed by atoms with van der Waals surface area (Å²) in [5.74, 6) is -5.57. The second-order valence-electron chi connectivity index (χ2n) is 14.8. The highest BCUT2D eigenvalue weighted by Gasteiger charge is 2.56. The van der Waals surface area contributed by atoms with Gasteiger partial charge in [0.05, 0.1) is 53.6 Å². The van der Waals surface area contributed by atoms with Crippen molar-refractivity contribution in [1.82, 2.24) is 10.6 Å². The summed E-state index contributed by atoms with van der Waals surface area (Å²) in [6.07, 6.45) is -12.5. The van der Waals surface area contributed by atoms with E-state index in [9.17, 15) is 64.2 Å². The number of halogens is 12. The number of aryl methyl sites for hydroxylation is 2. The van der Waals surface area contributed by atoms with Crippen molar-refractivity contribution in [3.8, 4) is 0 Å². The normalized spacial score (nSPS) is 16.0. The fourth-order valence-corrected chi connectivity index (χ4v) is 7.10. The summed E-state index contributed by atoms with van der Waals surface area (Å²) in [4.78, 5) is 69.4. The fourth-order valence-electron chi connectivity index (χ4n) is 6.13. The largest absolute Gasteiger partial charge is 0.482 e. The van der Waals surface area contributed by atoms with Crippen LogP contribution in [0.4, 0.5) is 35.1 Å². The minimum Gasteiger partial charge on any atom is -0.482 e. The summed E-state index contributed by atoms with van der Waals surface area (Å²) in [6.45, 7) is 4.76. The molecule has 4 aromatic rings. The van der Waals surface area contributed by atoms with Gasteiger partial charge in [-0.05, 0) is 96.3 Å². The Labute approximate surface area is 411 Å². The Morgan fingerprint density at radius 3 is 1.43 bits per heavy atom. The van der Waals surface area contributed by atoms with Crippen LogP contribution in [-0.4, -0.2) is 85.1 Å². The topological polar surface area (TPSA) is 191 Å². The van der Waals surface area contributed by atoms with Crippen LogP contribution in [0.25, 0.3) is 0 Å². The number of alkyl halides is 6. The molecule has 0 aromatic heterocycles. The molecule has 6 rings (SSSR count). The van der Waals surface area contributed by atoms with Gasteiger partial charge in [0.1, 0.15) is 0 Å². The number of hydrogen-bond donors (Lipinski definition) is 3. The summed E-state index contributed by atoms with van der Waals surface area (Å²) in [5, 5.41) is 20.3. The molecule has 2 amide bonds. The average molecular weight is 1070 g/mol. The van der Waals surface area contributed by atoms with Crippen LogP contribution in [0.2, 0.25) is 20.1 Å². The van der Waals surface area contributed by atoms with Gasteiger partial charge in [-0.2, -0.15) is 26.3 Å². The van der Waals surface area contributed by atoms with E-state index in [1.807, 2.05) is 0 Å². The third-order valence-corrected chi connectivity index (χ3v) is 11.0. The highest BCUT2D eigenvalue weighted by atomic mass is 35.5. The van der Waals surface area contributed by atoms with Crippen molar-refractivity contribution in [1.29, 1.82) is 0 Å². The molecule has 2 aliphatic rings. The molecule has 3 unspecified atom stereocenters. The lowest BCUT2D eigenvalue weighted by molar-refractivity contribution is -0.264. The number of carbonyl (C=O) groups excluding carboxylic acids is 5. The lowest BCUT2D eigenvalue weighted by atomic mass is 9.85. The lowest BCUT2D eigenvalue weighted by Crippen LogP contribution is -2.44. The van der Waals surface area contributed by atoms with Crippen LogP contribution < -0.4 is 10.6 Å². The molecular weight excluding hydrogens is 1040 g/mol. The van der Waals surface area contributed by atoms with E-state index in [0.29, 0.717) is 47.7 Å². The zero-order valence-corrected chi connectivity index (χ0v) is 39.6. The number of nitrogens with one attached hydrogen (secondary N) is 2. The predicted octanol–water partition coefficient (Wildman–Crippen LogP) is 10.4. The second kappa shape index (κ2) is 23.2. The molecule has 0 fully saturated rings. The standard InChI is InChI=1S/C22H18Cl2F4N2O5.C14H16N2O4.C8H2Cl2F4O/c1-10-5-11(3-4-13(10)20(32)29-17-8-18(34-2)30-35-17)16(31)9-21(33,22(26,27)28)12-6-14(23)19(25)15(24)7-12;1-8-6-10(9(2)17)4-5-11(8)14(18)15-12-7-13(19-3)16-20-12;9-4-1-3(2-5(10)6(4)11)7(15)8(12,13)14/h3-7,17,33H,8-9H2,1-2H3,(H,29,32);4-6,12H,7H2,1-3H3,(H,15,18);1-2H. The Hall–Kier alpha value is -6.07. The first-order valence-corrected chi connectivity index (χ1v) is 21.1. The molecule has 2 aliphatic heterocycles. The molecule has 2 heterocycles. The van der Waals surface area contributed by atoms with Crippen molar-refractivity contribution in [3.05, 3.63) is 137 Å². The zero-order chi connectivity index (χ0) is 52.6. The van der Waals surface area contributed by atoms with Crippen LogP contribution in [0, 0.1) is 25.5 Å². The first-order chi connectivity index (χ1) is 32.5. The first kappa shape index (κ1) is 56.5. The van der Waals surface area contributed by atoms with Gasteiger partial charge in [-0.3, -0.25) is 24.0 Å². The van der Waals surface area contributed by atoms with Gasteiger partial charge >= 0.3 is 12.4 Å². The number of carbonyl (C=O) groups is 5. The van der Waals surface area contributed by atoms with E-state index in [2.05, 4.69) is 20.9 Å². The molecule has 3 N–H and O–H groups in total. The fraction of sp³-hybridized carbons (Fsp3) is 0.295. The van der Waals surface area contributed by atoms with Gasteiger partial charge in [0, 0.05) is 27.8 Å². The molecule has 0 saturated carbocycles. The molecule has 0 aliphatic carbocycles. The second-order valence-corrected chi connectivity index (χ2v) is 16.5. The average Bonchev–Trinajstić information content (AvgIpc) is 3.95. The monoisotopic (exact) mass is 1070 g/mol. The van der Waals surface area contributed by atoms with Crippen molar-refractivity contribution < 1.29 is 83.4 Å². The van der Waals surface area contributed by atoms with Crippen LogP contribution in [0.3, 0.4) is 0 Å². The highest BCUT2D eigenvalue weighted by molar-refractivity contribution is 6.36. The Balaban J connectivity index is 0.000000255. The third-order valence-electron chi connectivity index (χ3n) is 9.86. The lowest BCUT2D eigenvalue weighted by Gasteiger charge is -2.31. The molecule has 3 atom stereocenters. The molecule has 0 saturated heterocycles. The molecule has 376 valence electrons. The number of ether oxygens (including phenoxy) is 2. The summed E-state index contributed by atoms with van der Waals surface area (Å²) in [7, 11) is 2.89. The van der Waals surface area contributed by atoms with Gasteiger partial charge in [0.25, 0.3) is 17.6 Å². The summed E-state index contributed by atoms with van der Waals surface area (Å²) < 4.78 is 114. The number of benzene rings is 4. The summed E-state index contributed by atoms with van der Waals surface area (Å²) >= 11 is 21.6. The Morgan fingerprint density at radius 2 is 1.07 bits per heavy atom. The molecule has 14 nitrogen and oxygen atoms in total. The van der Waals surface area contributed by atoms with E-state index in [4.69, 9.17) is 65.6 Å². The maximum atomic E-state index is 13.9. The van der Waals surface area contributed by atoms with E-state index < -0.39 is 97.2 Å². The van der Waals surface area contributed by atoms with Crippen LogP contribution in [-0.2, 0) is 24.7 Å². The number of Topliss-reactive ketones (excluding diaryl/α,β-unsaturated/α-hetero) is 3. The van der Waals surface area contributed by atoms with Crippen molar-refractivity contribution in [3.63, 3.8) is 0 Å². The van der Waals surface area contributed by atoms with Crippen LogP contribution in [0.1, 0.15) is 94.7 Å². The summed E-state index contributed by atoms with van der Waals surface area (Å²) in [6, 6.07) is 10.9. The van der Waals surface area contributed by atoms with Crippen LogP contribution in [0.15, 0.2) is 71.0 Å². The van der Waals surface area contributed by atoms with E-state index >= 15 is 0 Å². The van der Waals surface area contributed by atoms with Crippen molar-refractivity contribution >= 4 is 87.4 Å². The number of aliphatic hydroxyl groups is 1. The molecule has 4 aromatic carbocycles. The Morgan fingerprint density at radius 1 is 0.671 bits per heavy atom. The number of methoxy groups -OCH3 is 2. The van der Waals surface area contributed by atoms with Crippen molar-refractivity contribution in [2.24, 2.45) is 10.3 Å². The minimum atomic E-state index is -5.33. The van der Waals surface area contributed by atoms with Gasteiger partial charge in [-0.1, -0.05) is 58.5 Å². The quantitative estimate of drug-likeness (QED) is 0.0782. The Bertz CT molecular complexity index is 2710. The van der Waals surface area contributed by atoms with Crippen molar-refractivity contribution in [2.45, 2.75) is 70.4 Å². The minimum absolute atomic E-state index is 0.0303. The van der Waals surface area contributed by atoms with Gasteiger partial charge in [-0.25, -0.2) is 8.78 Å². The highest BCUT2D eigenvalue weighted by Crippen LogP contribution is 2.44. The SMILES string of the molecule is COC1=NOC(NC(=O)c2ccc(C(=O)CC(O)(c3cc(Cl)c(F)c(Cl)c3)C(F)(F)F)cc2C)C1.COC1=NOC(NC(=O)c2ccc(C(C)=O)cc2C)C1.O=C(c1cc(Cl)c(F)c(Cl)c1)C(F)(F)F. The molecule has 0 spiro atoms. The van der Waals surface area contributed by atoms with E-state index in [1.54, 1.807) is 25.1 Å². The number of hydrogen-bond acceptors (Lipinski definition) is 12. The van der Waals surface area contributed by atoms with Gasteiger partial charge < -0.3 is 34.9 Å². The maximum Gasteiger partial charge on any atom is 0.454 e. The van der Waals surface area contributed by atoms with Gasteiger partial charge in [0.2, 0.25) is 24.3 Å².